The monoisotopic (exact) mass is 356 g/mol. The average Bonchev–Trinajstić information content (AvgIpc) is 3.25. The van der Waals surface area contributed by atoms with Crippen LogP contribution in [0.2, 0.25) is 0 Å². The number of hydrogen-bond acceptors (Lipinski definition) is 6. The van der Waals surface area contributed by atoms with E-state index in [1.165, 1.54) is 11.8 Å². The molecule has 1 saturated carbocycles. The van der Waals surface area contributed by atoms with Gasteiger partial charge in [-0.05, 0) is 67.2 Å². The highest BCUT2D eigenvalue weighted by Crippen LogP contribution is 2.29. The molecule has 0 saturated heterocycles. The summed E-state index contributed by atoms with van der Waals surface area (Å²) in [7, 11) is 0. The Morgan fingerprint density at radius 3 is 2.88 bits per heavy atom. The smallest absolute Gasteiger partial charge is 0.231 e. The quantitative estimate of drug-likeness (QED) is 0.826. The fourth-order valence-corrected chi connectivity index (χ4v) is 3.75. The molecular weight excluding hydrogens is 336 g/mol. The summed E-state index contributed by atoms with van der Waals surface area (Å²) >= 11 is 1.27. The Labute approximate surface area is 150 Å². The van der Waals surface area contributed by atoms with Crippen molar-refractivity contribution >= 4 is 17.7 Å². The fraction of sp³-hybridized carbons (Fsp3) is 0.471. The van der Waals surface area contributed by atoms with Crippen LogP contribution in [0.25, 0.3) is 5.69 Å². The van der Waals surface area contributed by atoms with Gasteiger partial charge in [-0.3, -0.25) is 4.79 Å². The first-order chi connectivity index (χ1) is 12.0. The topological polar surface area (TPSA) is 96.5 Å². The third kappa shape index (κ3) is 3.66. The van der Waals surface area contributed by atoms with Crippen molar-refractivity contribution in [1.82, 2.24) is 25.5 Å². The van der Waals surface area contributed by atoms with Crippen LogP contribution in [0.5, 0.6) is 0 Å². The van der Waals surface area contributed by atoms with Crippen molar-refractivity contribution in [1.29, 1.82) is 5.26 Å². The van der Waals surface area contributed by atoms with E-state index in [1.54, 1.807) is 4.68 Å². The normalized spacial score (nSPS) is 15.7. The number of nitrogens with one attached hydrogen (secondary N) is 1. The third-order valence-corrected chi connectivity index (χ3v) is 5.55. The molecule has 1 aliphatic rings. The Morgan fingerprint density at radius 1 is 1.40 bits per heavy atom. The molecule has 1 aliphatic carbocycles. The van der Waals surface area contributed by atoms with Crippen LogP contribution in [0.15, 0.2) is 23.4 Å². The van der Waals surface area contributed by atoms with E-state index in [2.05, 4.69) is 26.9 Å². The van der Waals surface area contributed by atoms with Gasteiger partial charge < -0.3 is 5.32 Å². The molecule has 1 fully saturated rings. The Kier molecular flexibility index (Phi) is 5.04. The number of rotatable bonds is 5. The molecule has 0 unspecified atom stereocenters. The molecule has 2 aromatic rings. The molecular formula is C17H20N6OS. The summed E-state index contributed by atoms with van der Waals surface area (Å²) in [6, 6.07) is 8.21. The summed E-state index contributed by atoms with van der Waals surface area (Å²) in [5.41, 5.74) is 2.45. The zero-order valence-corrected chi connectivity index (χ0v) is 15.1. The standard InChI is InChI=1S/C17H20N6OS/c1-12-6-5-7-14(13(12)2)23-16(20-21-22-23)25-10-15(24)19-17(11-18)8-3-4-9-17/h5-7H,3-4,8-10H2,1-2H3,(H,19,24). The van der Waals surface area contributed by atoms with Gasteiger partial charge in [0.15, 0.2) is 0 Å². The second-order valence-corrected chi connectivity index (χ2v) is 7.27. The minimum atomic E-state index is -0.698. The number of thioether (sulfide) groups is 1. The van der Waals surface area contributed by atoms with Crippen LogP contribution in [0, 0.1) is 25.2 Å². The number of nitriles is 1. The molecule has 1 aromatic carbocycles. The summed E-state index contributed by atoms with van der Waals surface area (Å²) in [5.74, 6) is 0.0123. The fourth-order valence-electron chi connectivity index (χ4n) is 3.06. The van der Waals surface area contributed by atoms with Crippen LogP contribution in [0.1, 0.15) is 36.8 Å². The highest BCUT2D eigenvalue weighted by Gasteiger charge is 2.35. The lowest BCUT2D eigenvalue weighted by Crippen LogP contribution is -2.45. The number of carbonyl (C=O) groups excluding carboxylic acids is 1. The number of hydrogen-bond donors (Lipinski definition) is 1. The Balaban J connectivity index is 1.69. The molecule has 1 aromatic heterocycles. The van der Waals surface area contributed by atoms with Gasteiger partial charge >= 0.3 is 0 Å². The summed E-state index contributed by atoms with van der Waals surface area (Å²) in [5, 5.41) is 24.6. The zero-order chi connectivity index (χ0) is 17.9. The SMILES string of the molecule is Cc1cccc(-n2nnnc2SCC(=O)NC2(C#N)CCCC2)c1C. The third-order valence-electron chi connectivity index (χ3n) is 4.63. The first kappa shape index (κ1) is 17.4. The molecule has 25 heavy (non-hydrogen) atoms. The predicted molar refractivity (Wildman–Crippen MR) is 94.3 cm³/mol. The zero-order valence-electron chi connectivity index (χ0n) is 14.3. The number of amides is 1. The van der Waals surface area contributed by atoms with E-state index in [9.17, 15) is 10.1 Å². The van der Waals surface area contributed by atoms with E-state index in [0.29, 0.717) is 5.16 Å². The van der Waals surface area contributed by atoms with Crippen LogP contribution in [0.3, 0.4) is 0 Å². The molecule has 3 rings (SSSR count). The van der Waals surface area contributed by atoms with Crippen LogP contribution >= 0.6 is 11.8 Å². The van der Waals surface area contributed by atoms with Crippen LogP contribution in [0.4, 0.5) is 0 Å². The Bertz CT molecular complexity index is 819. The van der Waals surface area contributed by atoms with Crippen molar-refractivity contribution in [2.24, 2.45) is 0 Å². The molecule has 0 bridgehead atoms. The van der Waals surface area contributed by atoms with E-state index in [4.69, 9.17) is 0 Å². The van der Waals surface area contributed by atoms with Gasteiger partial charge in [0.1, 0.15) is 5.54 Å². The molecule has 0 spiro atoms. The minimum absolute atomic E-state index is 0.163. The first-order valence-electron chi connectivity index (χ1n) is 8.25. The number of aromatic nitrogens is 4. The van der Waals surface area contributed by atoms with Crippen LogP contribution in [-0.2, 0) is 4.79 Å². The van der Waals surface area contributed by atoms with Crippen molar-refractivity contribution in [3.63, 3.8) is 0 Å². The summed E-state index contributed by atoms with van der Waals surface area (Å²) < 4.78 is 1.65. The van der Waals surface area contributed by atoms with Crippen molar-refractivity contribution in [3.05, 3.63) is 29.3 Å². The van der Waals surface area contributed by atoms with Crippen molar-refractivity contribution < 1.29 is 4.79 Å². The lowest BCUT2D eigenvalue weighted by atomic mass is 10.0. The van der Waals surface area contributed by atoms with E-state index in [-0.39, 0.29) is 11.7 Å². The van der Waals surface area contributed by atoms with Crippen molar-refractivity contribution in [3.8, 4) is 11.8 Å². The lowest BCUT2D eigenvalue weighted by molar-refractivity contribution is -0.119. The number of aryl methyl sites for hydroxylation is 1. The molecule has 1 N–H and O–H groups in total. The molecule has 1 heterocycles. The maximum Gasteiger partial charge on any atom is 0.231 e. The highest BCUT2D eigenvalue weighted by atomic mass is 32.2. The number of nitrogens with zero attached hydrogens (tertiary/aromatic N) is 5. The predicted octanol–water partition coefficient (Wildman–Crippen LogP) is 2.32. The van der Waals surface area contributed by atoms with Gasteiger partial charge in [0.2, 0.25) is 11.1 Å². The second-order valence-electron chi connectivity index (χ2n) is 6.33. The number of tetrazole rings is 1. The molecule has 7 nitrogen and oxygen atoms in total. The molecule has 130 valence electrons. The van der Waals surface area contributed by atoms with E-state index in [1.807, 2.05) is 32.0 Å². The van der Waals surface area contributed by atoms with Crippen LogP contribution in [-0.4, -0.2) is 37.4 Å². The van der Waals surface area contributed by atoms with Gasteiger partial charge in [0, 0.05) is 0 Å². The minimum Gasteiger partial charge on any atom is -0.337 e. The van der Waals surface area contributed by atoms with Gasteiger partial charge in [0.05, 0.1) is 17.5 Å². The number of carbonyl (C=O) groups is 1. The summed E-state index contributed by atoms with van der Waals surface area (Å²) in [6.07, 6.45) is 3.40. The van der Waals surface area contributed by atoms with Gasteiger partial charge in [-0.1, -0.05) is 23.9 Å². The van der Waals surface area contributed by atoms with Gasteiger partial charge in [0.25, 0.3) is 0 Å². The van der Waals surface area contributed by atoms with Gasteiger partial charge in [-0.2, -0.15) is 9.94 Å². The summed E-state index contributed by atoms with van der Waals surface area (Å²) in [6.45, 7) is 4.05. The van der Waals surface area contributed by atoms with Gasteiger partial charge in [-0.15, -0.1) is 5.10 Å². The van der Waals surface area contributed by atoms with Crippen molar-refractivity contribution in [2.75, 3.05) is 5.75 Å². The van der Waals surface area contributed by atoms with E-state index >= 15 is 0 Å². The summed E-state index contributed by atoms with van der Waals surface area (Å²) in [4.78, 5) is 12.3. The lowest BCUT2D eigenvalue weighted by Gasteiger charge is -2.21. The Morgan fingerprint density at radius 2 is 2.16 bits per heavy atom. The maximum atomic E-state index is 12.3. The van der Waals surface area contributed by atoms with Gasteiger partial charge in [-0.25, -0.2) is 0 Å². The molecule has 1 amide bonds. The maximum absolute atomic E-state index is 12.3. The largest absolute Gasteiger partial charge is 0.337 e. The second kappa shape index (κ2) is 7.23. The van der Waals surface area contributed by atoms with E-state index < -0.39 is 5.54 Å². The molecule has 0 radical (unpaired) electrons. The Hall–Kier alpha value is -2.40. The first-order valence-corrected chi connectivity index (χ1v) is 9.23. The number of benzene rings is 1. The van der Waals surface area contributed by atoms with E-state index in [0.717, 1.165) is 42.5 Å². The highest BCUT2D eigenvalue weighted by molar-refractivity contribution is 7.99. The molecule has 8 heteroatoms. The molecule has 0 aliphatic heterocycles. The molecule has 0 atom stereocenters. The average molecular weight is 356 g/mol. The van der Waals surface area contributed by atoms with Crippen LogP contribution < -0.4 is 5.32 Å². The van der Waals surface area contributed by atoms with Crippen molar-refractivity contribution in [2.45, 2.75) is 50.2 Å².